The number of nitrogens with one attached hydrogen (secondary N) is 1. The maximum absolute atomic E-state index is 13.1. The van der Waals surface area contributed by atoms with E-state index in [0.29, 0.717) is 18.8 Å². The van der Waals surface area contributed by atoms with Crippen molar-refractivity contribution in [1.82, 2.24) is 9.29 Å². The Morgan fingerprint density at radius 3 is 2.32 bits per heavy atom. The molecule has 25 heavy (non-hydrogen) atoms. The molecule has 1 aromatic heterocycles. The Balaban J connectivity index is 0.00000225. The van der Waals surface area contributed by atoms with E-state index in [1.54, 1.807) is 6.07 Å². The third-order valence-corrected chi connectivity index (χ3v) is 5.58. The van der Waals surface area contributed by atoms with Crippen LogP contribution in [0.1, 0.15) is 5.56 Å². The lowest BCUT2D eigenvalue weighted by atomic mass is 10.2. The average Bonchev–Trinajstić information content (AvgIpc) is 3.06. The van der Waals surface area contributed by atoms with Crippen molar-refractivity contribution in [3.05, 3.63) is 48.3 Å². The second-order valence-corrected chi connectivity index (χ2v) is 7.25. The summed E-state index contributed by atoms with van der Waals surface area (Å²) in [5, 5.41) is 3.18. The second-order valence-electron chi connectivity index (χ2n) is 5.44. The fourth-order valence-corrected chi connectivity index (χ4v) is 4.07. The van der Waals surface area contributed by atoms with Crippen molar-refractivity contribution in [3.8, 4) is 0 Å². The third-order valence-electron chi connectivity index (χ3n) is 3.88. The van der Waals surface area contributed by atoms with Crippen LogP contribution in [0, 0.1) is 0 Å². The van der Waals surface area contributed by atoms with Gasteiger partial charge in [-0.05, 0) is 18.2 Å². The summed E-state index contributed by atoms with van der Waals surface area (Å²) in [6.07, 6.45) is -2.11. The summed E-state index contributed by atoms with van der Waals surface area (Å²) in [4.78, 5) is 1.23. The lowest BCUT2D eigenvalue weighted by molar-refractivity contribution is -0.139. The summed E-state index contributed by atoms with van der Waals surface area (Å²) in [7, 11) is -4.32. The monoisotopic (exact) mass is 395 g/mol. The van der Waals surface area contributed by atoms with Crippen molar-refractivity contribution < 1.29 is 21.6 Å². The molecule has 0 aliphatic carbocycles. The number of hydrogen-bond donors (Lipinski definition) is 1. The molecule has 1 aliphatic rings. The molecule has 1 aliphatic heterocycles. The molecule has 0 radical (unpaired) electrons. The highest BCUT2D eigenvalue weighted by Gasteiger charge is 2.37. The molecule has 10 heteroatoms. The molecule has 138 valence electrons. The van der Waals surface area contributed by atoms with Crippen LogP contribution in [0.15, 0.2) is 47.6 Å². The van der Waals surface area contributed by atoms with E-state index in [1.165, 1.54) is 24.5 Å². The highest BCUT2D eigenvalue weighted by molar-refractivity contribution is 7.90. The predicted octanol–water partition coefficient (Wildman–Crippen LogP) is 2.58. The van der Waals surface area contributed by atoms with Gasteiger partial charge in [-0.25, -0.2) is 12.4 Å². The van der Waals surface area contributed by atoms with Crippen molar-refractivity contribution in [1.29, 1.82) is 0 Å². The zero-order valence-corrected chi connectivity index (χ0v) is 14.7. The lowest BCUT2D eigenvalue weighted by Gasteiger charge is -2.28. The molecule has 0 bridgehead atoms. The van der Waals surface area contributed by atoms with Gasteiger partial charge in [0, 0.05) is 38.6 Å². The first-order valence-corrected chi connectivity index (χ1v) is 8.79. The number of piperazine rings is 1. The van der Waals surface area contributed by atoms with Gasteiger partial charge in [-0.15, -0.1) is 12.4 Å². The van der Waals surface area contributed by atoms with E-state index in [2.05, 4.69) is 5.32 Å². The fourth-order valence-electron chi connectivity index (χ4n) is 2.67. The number of halogens is 4. The number of nitrogens with zero attached hydrogens (tertiary/aromatic N) is 2. The number of anilines is 1. The highest BCUT2D eigenvalue weighted by Crippen LogP contribution is 2.35. The second kappa shape index (κ2) is 7.27. The van der Waals surface area contributed by atoms with Crippen LogP contribution in [0.25, 0.3) is 0 Å². The number of benzene rings is 1. The summed E-state index contributed by atoms with van der Waals surface area (Å²) in [6.45, 7) is 2.97. The minimum absolute atomic E-state index is 0. The van der Waals surface area contributed by atoms with Gasteiger partial charge in [0.25, 0.3) is 10.0 Å². The van der Waals surface area contributed by atoms with Crippen molar-refractivity contribution in [2.24, 2.45) is 0 Å². The SMILES string of the molecule is Cl.O=S(=O)(c1ccccc1C(F)(F)F)n1ccc(N2CCNCC2)c1. The Labute approximate surface area is 149 Å². The van der Waals surface area contributed by atoms with Crippen molar-refractivity contribution in [2.75, 3.05) is 31.1 Å². The van der Waals surface area contributed by atoms with E-state index >= 15 is 0 Å². The Bertz CT molecular complexity index is 831. The van der Waals surface area contributed by atoms with E-state index in [-0.39, 0.29) is 12.4 Å². The largest absolute Gasteiger partial charge is 0.417 e. The summed E-state index contributed by atoms with van der Waals surface area (Å²) < 4.78 is 65.4. The first kappa shape index (κ1) is 19.6. The molecule has 0 saturated carbocycles. The van der Waals surface area contributed by atoms with Crippen molar-refractivity contribution >= 4 is 28.1 Å². The van der Waals surface area contributed by atoms with E-state index in [9.17, 15) is 21.6 Å². The minimum Gasteiger partial charge on any atom is -0.368 e. The fraction of sp³-hybridized carbons (Fsp3) is 0.333. The minimum atomic E-state index is -4.74. The maximum Gasteiger partial charge on any atom is 0.417 e. The normalized spacial score (nSPS) is 15.7. The summed E-state index contributed by atoms with van der Waals surface area (Å²) in [6, 6.07) is 5.79. The molecule has 1 N–H and O–H groups in total. The van der Waals surface area contributed by atoms with E-state index in [0.717, 1.165) is 29.2 Å². The van der Waals surface area contributed by atoms with Crippen LogP contribution in [-0.2, 0) is 16.2 Å². The summed E-state index contributed by atoms with van der Waals surface area (Å²) in [5.74, 6) is 0. The molecule has 2 heterocycles. The molecule has 0 unspecified atom stereocenters. The Hall–Kier alpha value is -1.71. The van der Waals surface area contributed by atoms with Crippen molar-refractivity contribution in [2.45, 2.75) is 11.1 Å². The van der Waals surface area contributed by atoms with Gasteiger partial charge in [-0.2, -0.15) is 13.2 Å². The van der Waals surface area contributed by atoms with Gasteiger partial charge >= 0.3 is 6.18 Å². The predicted molar refractivity (Wildman–Crippen MR) is 90.8 cm³/mol. The number of aromatic nitrogens is 1. The molecule has 0 spiro atoms. The van der Waals surface area contributed by atoms with Crippen LogP contribution in [0.3, 0.4) is 0 Å². The van der Waals surface area contributed by atoms with E-state index in [4.69, 9.17) is 0 Å². The van der Waals surface area contributed by atoms with Crippen molar-refractivity contribution in [3.63, 3.8) is 0 Å². The molecule has 0 atom stereocenters. The van der Waals surface area contributed by atoms with Crippen LogP contribution >= 0.6 is 12.4 Å². The van der Waals surface area contributed by atoms with Gasteiger partial charge in [-0.1, -0.05) is 12.1 Å². The topological polar surface area (TPSA) is 54.3 Å². The molecular formula is C15H17ClF3N3O2S. The van der Waals surface area contributed by atoms with E-state index in [1.807, 2.05) is 4.90 Å². The van der Waals surface area contributed by atoms with Crippen LogP contribution in [0.5, 0.6) is 0 Å². The quantitative estimate of drug-likeness (QED) is 0.868. The average molecular weight is 396 g/mol. The van der Waals surface area contributed by atoms with Gasteiger partial charge in [0.1, 0.15) is 4.90 Å². The first-order valence-electron chi connectivity index (χ1n) is 7.35. The van der Waals surface area contributed by atoms with Gasteiger partial charge in [-0.3, -0.25) is 0 Å². The van der Waals surface area contributed by atoms with Crippen LogP contribution in [0.2, 0.25) is 0 Å². The Morgan fingerprint density at radius 1 is 1.04 bits per heavy atom. The molecule has 5 nitrogen and oxygen atoms in total. The Kier molecular flexibility index (Phi) is 5.70. The third kappa shape index (κ3) is 3.94. The van der Waals surface area contributed by atoms with Gasteiger partial charge in [0.05, 0.1) is 11.3 Å². The molecule has 2 aromatic rings. The number of rotatable bonds is 3. The summed E-state index contributed by atoms with van der Waals surface area (Å²) >= 11 is 0. The molecule has 0 amide bonds. The smallest absolute Gasteiger partial charge is 0.368 e. The van der Waals surface area contributed by atoms with Gasteiger partial charge < -0.3 is 10.2 Å². The summed E-state index contributed by atoms with van der Waals surface area (Å²) in [5.41, 5.74) is -0.494. The van der Waals surface area contributed by atoms with E-state index < -0.39 is 26.7 Å². The zero-order valence-electron chi connectivity index (χ0n) is 13.0. The molecule has 1 aromatic carbocycles. The van der Waals surface area contributed by atoms with Crippen LogP contribution in [0.4, 0.5) is 18.9 Å². The molecular weight excluding hydrogens is 379 g/mol. The maximum atomic E-state index is 13.1. The number of hydrogen-bond acceptors (Lipinski definition) is 4. The van der Waals surface area contributed by atoms with Crippen LogP contribution in [-0.4, -0.2) is 38.6 Å². The lowest BCUT2D eigenvalue weighted by Crippen LogP contribution is -2.43. The van der Waals surface area contributed by atoms with Gasteiger partial charge in [0.15, 0.2) is 0 Å². The Morgan fingerprint density at radius 2 is 1.68 bits per heavy atom. The van der Waals surface area contributed by atoms with Gasteiger partial charge in [0.2, 0.25) is 0 Å². The number of alkyl halides is 3. The zero-order chi connectivity index (χ0) is 17.4. The van der Waals surface area contributed by atoms with Crippen LogP contribution < -0.4 is 10.2 Å². The molecule has 1 fully saturated rings. The molecule has 1 saturated heterocycles. The highest BCUT2D eigenvalue weighted by atomic mass is 35.5. The standard InChI is InChI=1S/C15H16F3N3O2S.ClH/c16-15(17,18)13-3-1-2-4-14(13)24(22,23)21-8-5-12(11-21)20-9-6-19-7-10-20;/h1-5,8,11,19H,6-7,9-10H2;1H. The molecule has 3 rings (SSSR count). The first-order chi connectivity index (χ1) is 11.3.